The van der Waals surface area contributed by atoms with E-state index in [-0.39, 0.29) is 0 Å². The van der Waals surface area contributed by atoms with E-state index in [1.165, 1.54) is 63.4 Å². The third-order valence-corrected chi connectivity index (χ3v) is 6.99. The highest BCUT2D eigenvalue weighted by Gasteiger charge is 2.11. The molecule has 2 heteroatoms. The van der Waals surface area contributed by atoms with Crippen molar-refractivity contribution < 1.29 is 0 Å². The van der Waals surface area contributed by atoms with Gasteiger partial charge in [-0.3, -0.25) is 0 Å². The molecule has 0 radical (unpaired) electrons. The zero-order valence-electron chi connectivity index (χ0n) is 10.4. The summed E-state index contributed by atoms with van der Waals surface area (Å²) in [4.78, 5) is 2.67. The van der Waals surface area contributed by atoms with Crippen LogP contribution >= 0.6 is 0 Å². The summed E-state index contributed by atoms with van der Waals surface area (Å²) in [6, 6.07) is 4.32. The Morgan fingerprint density at radius 1 is 1.27 bits per heavy atom. The van der Waals surface area contributed by atoms with Gasteiger partial charge in [0.2, 0.25) is 0 Å². The van der Waals surface area contributed by atoms with Crippen LogP contribution in [0.1, 0.15) is 32.6 Å². The molecule has 0 aromatic rings. The third kappa shape index (κ3) is 5.52. The molecule has 1 aliphatic rings. The molecule has 0 aromatic carbocycles. The lowest BCUT2D eigenvalue weighted by Gasteiger charge is -2.26. The van der Waals surface area contributed by atoms with Crippen molar-refractivity contribution in [2.24, 2.45) is 0 Å². The molecule has 0 aromatic heterocycles. The third-order valence-electron chi connectivity index (χ3n) is 3.61. The summed E-state index contributed by atoms with van der Waals surface area (Å²) in [5.41, 5.74) is 0. The molecule has 1 heterocycles. The molecule has 1 atom stereocenters. The van der Waals surface area contributed by atoms with Crippen LogP contribution in [0.2, 0.25) is 18.1 Å². The quantitative estimate of drug-likeness (QED) is 0.475. The van der Waals surface area contributed by atoms with Crippen molar-refractivity contribution in [1.82, 2.24) is 4.90 Å². The second-order valence-electron chi connectivity index (χ2n) is 4.84. The molecule has 1 unspecified atom stereocenters. The van der Waals surface area contributed by atoms with Gasteiger partial charge >= 0.3 is 0 Å². The van der Waals surface area contributed by atoms with Crippen molar-refractivity contribution in [2.75, 3.05) is 19.6 Å². The first kappa shape index (κ1) is 13.0. The second kappa shape index (κ2) is 8.11. The highest BCUT2D eigenvalue weighted by molar-refractivity contribution is 6.59. The standard InChI is InChI=1S/C13H27NSi/c1-3-12-15(4-2)13-8-11-14-9-6-5-7-10-14/h3,15H,1,4-13H2,2H3. The molecule has 88 valence electrons. The first-order valence-electron chi connectivity index (χ1n) is 6.70. The van der Waals surface area contributed by atoms with Crippen LogP contribution in [0.5, 0.6) is 0 Å². The Hall–Kier alpha value is -0.0831. The van der Waals surface area contributed by atoms with Gasteiger partial charge in [0, 0.05) is 8.80 Å². The summed E-state index contributed by atoms with van der Waals surface area (Å²) in [5.74, 6) is 0. The minimum atomic E-state index is -0.430. The minimum absolute atomic E-state index is 0.430. The van der Waals surface area contributed by atoms with Crippen LogP contribution in [-0.4, -0.2) is 33.3 Å². The fourth-order valence-electron chi connectivity index (χ4n) is 2.51. The molecule has 0 aliphatic carbocycles. The van der Waals surface area contributed by atoms with Crippen LogP contribution < -0.4 is 0 Å². The van der Waals surface area contributed by atoms with Gasteiger partial charge in [0.1, 0.15) is 0 Å². The van der Waals surface area contributed by atoms with Crippen LogP contribution in [0.25, 0.3) is 0 Å². The van der Waals surface area contributed by atoms with Crippen molar-refractivity contribution in [3.63, 3.8) is 0 Å². The SMILES string of the molecule is C=CC[SiH](CC)CCCN1CCCCC1. The molecule has 1 rings (SSSR count). The Balaban J connectivity index is 2.05. The van der Waals surface area contributed by atoms with Gasteiger partial charge in [-0.1, -0.05) is 31.5 Å². The van der Waals surface area contributed by atoms with Crippen molar-refractivity contribution in [3.8, 4) is 0 Å². The number of likely N-dealkylation sites (tertiary alicyclic amines) is 1. The molecule has 1 nitrogen and oxygen atoms in total. The zero-order valence-corrected chi connectivity index (χ0v) is 11.5. The van der Waals surface area contributed by atoms with Gasteiger partial charge in [-0.25, -0.2) is 0 Å². The zero-order chi connectivity index (χ0) is 10.9. The van der Waals surface area contributed by atoms with Gasteiger partial charge in [0.25, 0.3) is 0 Å². The maximum absolute atomic E-state index is 3.87. The summed E-state index contributed by atoms with van der Waals surface area (Å²) in [7, 11) is -0.430. The van der Waals surface area contributed by atoms with Crippen LogP contribution in [-0.2, 0) is 0 Å². The molecule has 1 fully saturated rings. The largest absolute Gasteiger partial charge is 0.303 e. The predicted molar refractivity (Wildman–Crippen MR) is 72.3 cm³/mol. The monoisotopic (exact) mass is 225 g/mol. The van der Waals surface area contributed by atoms with Crippen molar-refractivity contribution in [2.45, 2.75) is 50.7 Å². The van der Waals surface area contributed by atoms with E-state index in [2.05, 4.69) is 24.5 Å². The number of nitrogens with zero attached hydrogens (tertiary/aromatic N) is 1. The lowest BCUT2D eigenvalue weighted by atomic mass is 10.1. The van der Waals surface area contributed by atoms with Gasteiger partial charge in [-0.2, -0.15) is 0 Å². The van der Waals surface area contributed by atoms with Gasteiger partial charge in [-0.05, 0) is 44.9 Å². The molecule has 15 heavy (non-hydrogen) atoms. The number of hydrogen-bond acceptors (Lipinski definition) is 1. The normalized spacial score (nSPS) is 20.1. The van der Waals surface area contributed by atoms with Crippen LogP contribution in [0.4, 0.5) is 0 Å². The number of hydrogen-bond donors (Lipinski definition) is 0. The Kier molecular flexibility index (Phi) is 7.02. The highest BCUT2D eigenvalue weighted by atomic mass is 28.3. The molecule has 1 aliphatic heterocycles. The van der Waals surface area contributed by atoms with Gasteiger partial charge < -0.3 is 4.90 Å². The lowest BCUT2D eigenvalue weighted by Crippen LogP contribution is -2.31. The van der Waals surface area contributed by atoms with E-state index in [4.69, 9.17) is 0 Å². The van der Waals surface area contributed by atoms with Crippen molar-refractivity contribution in [1.29, 1.82) is 0 Å². The van der Waals surface area contributed by atoms with E-state index in [1.54, 1.807) is 0 Å². The molecule has 0 bridgehead atoms. The predicted octanol–water partition coefficient (Wildman–Crippen LogP) is 3.30. The summed E-state index contributed by atoms with van der Waals surface area (Å²) >= 11 is 0. The smallest absolute Gasteiger partial charge is 0.0403 e. The molecule has 0 spiro atoms. The highest BCUT2D eigenvalue weighted by Crippen LogP contribution is 2.12. The molecule has 0 amide bonds. The molecule has 0 N–H and O–H groups in total. The van der Waals surface area contributed by atoms with Gasteiger partial charge in [0.15, 0.2) is 0 Å². The van der Waals surface area contributed by atoms with E-state index in [0.29, 0.717) is 0 Å². The summed E-state index contributed by atoms with van der Waals surface area (Å²) < 4.78 is 0. The molecule has 0 saturated carbocycles. The minimum Gasteiger partial charge on any atom is -0.303 e. The maximum atomic E-state index is 3.87. The van der Waals surface area contributed by atoms with Crippen molar-refractivity contribution in [3.05, 3.63) is 12.7 Å². The fraction of sp³-hybridized carbons (Fsp3) is 0.846. The van der Waals surface area contributed by atoms with E-state index < -0.39 is 8.80 Å². The van der Waals surface area contributed by atoms with E-state index in [9.17, 15) is 0 Å². The topological polar surface area (TPSA) is 3.24 Å². The van der Waals surface area contributed by atoms with E-state index >= 15 is 0 Å². The Labute approximate surface area is 97.2 Å². The van der Waals surface area contributed by atoms with Crippen LogP contribution in [0.3, 0.4) is 0 Å². The number of piperidine rings is 1. The van der Waals surface area contributed by atoms with Gasteiger partial charge in [-0.15, -0.1) is 6.58 Å². The van der Waals surface area contributed by atoms with Crippen LogP contribution in [0, 0.1) is 0 Å². The van der Waals surface area contributed by atoms with Crippen LogP contribution in [0.15, 0.2) is 12.7 Å². The summed E-state index contributed by atoms with van der Waals surface area (Å²) in [6.07, 6.45) is 7.90. The first-order chi connectivity index (χ1) is 7.36. The molecule has 1 saturated heterocycles. The Morgan fingerprint density at radius 3 is 2.60 bits per heavy atom. The van der Waals surface area contributed by atoms with Gasteiger partial charge in [0.05, 0.1) is 0 Å². The Morgan fingerprint density at radius 2 is 2.00 bits per heavy atom. The Bertz CT molecular complexity index is 164. The average molecular weight is 225 g/mol. The average Bonchev–Trinajstić information content (AvgIpc) is 2.29. The molecular weight excluding hydrogens is 198 g/mol. The van der Waals surface area contributed by atoms with E-state index in [0.717, 1.165) is 0 Å². The maximum Gasteiger partial charge on any atom is 0.0403 e. The lowest BCUT2D eigenvalue weighted by molar-refractivity contribution is 0.229. The fourth-order valence-corrected chi connectivity index (χ4v) is 4.72. The summed E-state index contributed by atoms with van der Waals surface area (Å²) in [5, 5.41) is 0. The number of allylic oxidation sites excluding steroid dienone is 1. The number of rotatable bonds is 7. The van der Waals surface area contributed by atoms with Crippen molar-refractivity contribution >= 4 is 8.80 Å². The van der Waals surface area contributed by atoms with E-state index in [1.807, 2.05) is 0 Å². The molecular formula is C13H27NSi. The second-order valence-corrected chi connectivity index (χ2v) is 8.44. The first-order valence-corrected chi connectivity index (χ1v) is 9.15. The summed E-state index contributed by atoms with van der Waals surface area (Å²) in [6.45, 7) is 10.3.